The number of carboxylic acid groups (broad SMARTS) is 1. The second kappa shape index (κ2) is 7.29. The van der Waals surface area contributed by atoms with Crippen molar-refractivity contribution < 1.29 is 24.4 Å². The van der Waals surface area contributed by atoms with Crippen molar-refractivity contribution in [3.05, 3.63) is 33.9 Å². The lowest BCUT2D eigenvalue weighted by Gasteiger charge is -2.34. The van der Waals surface area contributed by atoms with E-state index in [9.17, 15) is 24.8 Å². The first-order valence-corrected chi connectivity index (χ1v) is 7.77. The normalized spacial score (nSPS) is 20.5. The highest BCUT2D eigenvalue weighted by Crippen LogP contribution is 2.32. The number of carbonyl (C=O) groups excluding carboxylic acids is 1. The maximum Gasteiger partial charge on any atom is 0.308 e. The van der Waals surface area contributed by atoms with E-state index in [1.54, 1.807) is 6.92 Å². The summed E-state index contributed by atoms with van der Waals surface area (Å²) < 4.78 is 5.37. The van der Waals surface area contributed by atoms with Crippen LogP contribution in [0.5, 0.6) is 5.75 Å². The van der Waals surface area contributed by atoms with Gasteiger partial charge in [0.05, 0.1) is 17.4 Å². The van der Waals surface area contributed by atoms with Crippen LogP contribution >= 0.6 is 0 Å². The van der Waals surface area contributed by atoms with Crippen LogP contribution in [-0.2, 0) is 4.79 Å². The van der Waals surface area contributed by atoms with Gasteiger partial charge in [0.1, 0.15) is 5.75 Å². The Labute approximate surface area is 139 Å². The number of hydrogen-bond acceptors (Lipinski definition) is 5. The number of nitro groups is 1. The molecule has 0 aromatic heterocycles. The number of amides is 1. The van der Waals surface area contributed by atoms with Crippen molar-refractivity contribution in [2.75, 3.05) is 19.7 Å². The maximum absolute atomic E-state index is 12.9. The van der Waals surface area contributed by atoms with Crippen molar-refractivity contribution in [3.63, 3.8) is 0 Å². The molecule has 1 saturated heterocycles. The second-order valence-electron chi connectivity index (χ2n) is 5.93. The van der Waals surface area contributed by atoms with Gasteiger partial charge in [-0.3, -0.25) is 19.7 Å². The average molecular weight is 336 g/mol. The fourth-order valence-electron chi connectivity index (χ4n) is 3.02. The van der Waals surface area contributed by atoms with Gasteiger partial charge in [-0.1, -0.05) is 13.0 Å². The minimum atomic E-state index is -0.966. The largest absolute Gasteiger partial charge is 0.493 e. The highest BCUT2D eigenvalue weighted by atomic mass is 16.6. The van der Waals surface area contributed by atoms with Crippen LogP contribution in [0.25, 0.3) is 0 Å². The van der Waals surface area contributed by atoms with E-state index >= 15 is 0 Å². The minimum absolute atomic E-state index is 0.00196. The molecule has 1 aliphatic rings. The molecule has 0 saturated carbocycles. The first-order valence-electron chi connectivity index (χ1n) is 7.77. The van der Waals surface area contributed by atoms with E-state index in [1.807, 2.05) is 6.92 Å². The summed E-state index contributed by atoms with van der Waals surface area (Å²) in [7, 11) is 0. The second-order valence-corrected chi connectivity index (χ2v) is 5.93. The van der Waals surface area contributed by atoms with Crippen LogP contribution in [0.1, 0.15) is 30.6 Å². The van der Waals surface area contributed by atoms with Crippen molar-refractivity contribution in [1.29, 1.82) is 0 Å². The minimum Gasteiger partial charge on any atom is -0.493 e. The van der Waals surface area contributed by atoms with Crippen LogP contribution in [0.15, 0.2) is 18.2 Å². The number of likely N-dealkylation sites (tertiary alicyclic amines) is 1. The van der Waals surface area contributed by atoms with Crippen molar-refractivity contribution in [2.45, 2.75) is 20.3 Å². The van der Waals surface area contributed by atoms with Gasteiger partial charge in [0.2, 0.25) is 0 Å². The molecule has 0 bridgehead atoms. The molecule has 2 rings (SSSR count). The third-order valence-corrected chi connectivity index (χ3v) is 4.01. The van der Waals surface area contributed by atoms with Crippen LogP contribution in [0.4, 0.5) is 5.69 Å². The number of carboxylic acids is 1. The summed E-state index contributed by atoms with van der Waals surface area (Å²) in [4.78, 5) is 36.2. The Morgan fingerprint density at radius 2 is 2.12 bits per heavy atom. The standard InChI is InChI=1S/C16H20N2O6/c1-3-24-13-6-4-5-12(18(22)23)14(13)15(19)17-8-10(2)7-11(9-17)16(20)21/h4-6,10-11H,3,7-9H2,1-2H3,(H,20,21). The molecule has 0 aliphatic carbocycles. The van der Waals surface area contributed by atoms with Gasteiger partial charge in [-0.05, 0) is 25.3 Å². The Kier molecular flexibility index (Phi) is 5.38. The van der Waals surface area contributed by atoms with E-state index in [2.05, 4.69) is 0 Å². The van der Waals surface area contributed by atoms with E-state index in [1.165, 1.54) is 23.1 Å². The monoisotopic (exact) mass is 336 g/mol. The SMILES string of the molecule is CCOc1cccc([N+](=O)[O-])c1C(=O)N1CC(C)CC(C(=O)O)C1. The van der Waals surface area contributed by atoms with Gasteiger partial charge in [-0.25, -0.2) is 0 Å². The zero-order chi connectivity index (χ0) is 17.9. The van der Waals surface area contributed by atoms with E-state index in [0.717, 1.165) is 0 Å². The Balaban J connectivity index is 2.40. The summed E-state index contributed by atoms with van der Waals surface area (Å²) in [5.74, 6) is -2.06. The number of ether oxygens (including phenoxy) is 1. The molecule has 1 aromatic carbocycles. The molecule has 1 aromatic rings. The summed E-state index contributed by atoms with van der Waals surface area (Å²) in [6.45, 7) is 4.24. The van der Waals surface area contributed by atoms with Gasteiger partial charge >= 0.3 is 5.97 Å². The molecule has 0 spiro atoms. The predicted molar refractivity (Wildman–Crippen MR) is 85.1 cm³/mol. The number of benzene rings is 1. The fraction of sp³-hybridized carbons (Fsp3) is 0.500. The molecule has 2 atom stereocenters. The maximum atomic E-state index is 12.9. The molecule has 130 valence electrons. The number of nitro benzene ring substituents is 1. The van der Waals surface area contributed by atoms with E-state index in [0.29, 0.717) is 13.0 Å². The van der Waals surface area contributed by atoms with Crippen LogP contribution in [0.3, 0.4) is 0 Å². The lowest BCUT2D eigenvalue weighted by molar-refractivity contribution is -0.385. The number of hydrogen-bond donors (Lipinski definition) is 1. The Morgan fingerprint density at radius 3 is 2.71 bits per heavy atom. The number of carbonyl (C=O) groups is 2. The van der Waals surface area contributed by atoms with Gasteiger partial charge < -0.3 is 14.7 Å². The molecular weight excluding hydrogens is 316 g/mol. The molecule has 1 fully saturated rings. The molecular formula is C16H20N2O6. The van der Waals surface area contributed by atoms with E-state index in [4.69, 9.17) is 4.74 Å². The molecule has 8 nitrogen and oxygen atoms in total. The van der Waals surface area contributed by atoms with Gasteiger partial charge in [0.25, 0.3) is 11.6 Å². The zero-order valence-electron chi connectivity index (χ0n) is 13.6. The molecule has 24 heavy (non-hydrogen) atoms. The van der Waals surface area contributed by atoms with E-state index < -0.39 is 22.7 Å². The zero-order valence-corrected chi connectivity index (χ0v) is 13.6. The molecule has 2 unspecified atom stereocenters. The van der Waals surface area contributed by atoms with Crippen LogP contribution < -0.4 is 4.74 Å². The summed E-state index contributed by atoms with van der Waals surface area (Å²) in [5.41, 5.74) is -0.460. The van der Waals surface area contributed by atoms with Crippen LogP contribution in [0, 0.1) is 22.0 Å². The predicted octanol–water partition coefficient (Wildman–Crippen LogP) is 2.18. The molecule has 0 radical (unpaired) electrons. The summed E-state index contributed by atoms with van der Waals surface area (Å²) in [6.07, 6.45) is 0.480. The number of nitrogens with zero attached hydrogens (tertiary/aromatic N) is 2. The van der Waals surface area contributed by atoms with Crippen LogP contribution in [-0.4, -0.2) is 46.5 Å². The van der Waals surface area contributed by atoms with Crippen molar-refractivity contribution in [2.24, 2.45) is 11.8 Å². The number of aliphatic carboxylic acids is 1. The molecule has 1 N–H and O–H groups in total. The Morgan fingerprint density at radius 1 is 1.42 bits per heavy atom. The average Bonchev–Trinajstić information content (AvgIpc) is 2.53. The van der Waals surface area contributed by atoms with Crippen molar-refractivity contribution >= 4 is 17.6 Å². The third-order valence-electron chi connectivity index (χ3n) is 4.01. The van der Waals surface area contributed by atoms with Crippen molar-refractivity contribution in [3.8, 4) is 5.75 Å². The molecule has 8 heteroatoms. The van der Waals surface area contributed by atoms with E-state index in [-0.39, 0.29) is 36.1 Å². The summed E-state index contributed by atoms with van der Waals surface area (Å²) in [5, 5.41) is 20.5. The molecule has 1 heterocycles. The molecule has 1 aliphatic heterocycles. The summed E-state index contributed by atoms with van der Waals surface area (Å²) in [6, 6.07) is 4.21. The van der Waals surface area contributed by atoms with Gasteiger partial charge in [0.15, 0.2) is 5.56 Å². The van der Waals surface area contributed by atoms with Gasteiger partial charge in [-0.2, -0.15) is 0 Å². The first-order chi connectivity index (χ1) is 11.3. The van der Waals surface area contributed by atoms with Gasteiger partial charge in [-0.15, -0.1) is 0 Å². The lowest BCUT2D eigenvalue weighted by Crippen LogP contribution is -2.45. The Bertz CT molecular complexity index is 660. The third kappa shape index (κ3) is 3.64. The lowest BCUT2D eigenvalue weighted by atomic mass is 9.90. The topological polar surface area (TPSA) is 110 Å². The van der Waals surface area contributed by atoms with Crippen LogP contribution in [0.2, 0.25) is 0 Å². The van der Waals surface area contributed by atoms with Gasteiger partial charge in [0, 0.05) is 19.2 Å². The first kappa shape index (κ1) is 17.7. The Hall–Kier alpha value is -2.64. The number of piperidine rings is 1. The highest BCUT2D eigenvalue weighted by molar-refractivity contribution is 6.01. The smallest absolute Gasteiger partial charge is 0.308 e. The molecule has 1 amide bonds. The highest BCUT2D eigenvalue weighted by Gasteiger charge is 2.36. The van der Waals surface area contributed by atoms with Crippen molar-refractivity contribution in [1.82, 2.24) is 4.90 Å². The summed E-state index contributed by atoms with van der Waals surface area (Å²) >= 11 is 0. The quantitative estimate of drug-likeness (QED) is 0.652. The fourth-order valence-corrected chi connectivity index (χ4v) is 3.02. The number of rotatable bonds is 5.